The lowest BCUT2D eigenvalue weighted by molar-refractivity contribution is -0.147. The van der Waals surface area contributed by atoms with Crippen molar-refractivity contribution in [2.45, 2.75) is 30.1 Å². The summed E-state index contributed by atoms with van der Waals surface area (Å²) in [6.45, 7) is 2.39. The van der Waals surface area contributed by atoms with Crippen LogP contribution in [-0.2, 0) is 29.1 Å². The smallest absolute Gasteiger partial charge is 0.307 e. The molecule has 2 saturated heterocycles. The summed E-state index contributed by atoms with van der Waals surface area (Å²) in [5.74, 6) is -1.24. The number of carbonyl (C=O) groups excluding carboxylic acids is 2. The number of esters is 1. The first-order valence-corrected chi connectivity index (χ1v) is 15.4. The Bertz CT molecular complexity index is 1400. The second kappa shape index (κ2) is 13.3. The number of morpholine rings is 1. The number of carbonyl (C=O) groups is 2. The molecular formula is C31H35N3O6S. The van der Waals surface area contributed by atoms with Gasteiger partial charge in [-0.05, 0) is 42.2 Å². The fourth-order valence-electron chi connectivity index (χ4n) is 5.30. The third kappa shape index (κ3) is 7.13. The maximum absolute atomic E-state index is 13.3. The largest absolute Gasteiger partial charge is 0.456 e. The molecule has 2 aliphatic rings. The average molecular weight is 578 g/mol. The molecule has 0 unspecified atom stereocenters. The van der Waals surface area contributed by atoms with Crippen LogP contribution in [0.5, 0.6) is 0 Å². The van der Waals surface area contributed by atoms with Gasteiger partial charge in [0.25, 0.3) is 5.91 Å². The van der Waals surface area contributed by atoms with Gasteiger partial charge in [0.15, 0.2) is 6.61 Å². The summed E-state index contributed by atoms with van der Waals surface area (Å²) in [5, 5.41) is 2.81. The molecule has 1 amide bonds. The highest BCUT2D eigenvalue weighted by Crippen LogP contribution is 2.33. The molecule has 0 saturated carbocycles. The fraction of sp³-hybridized carbons (Fsp3) is 0.355. The molecule has 0 aliphatic carbocycles. The van der Waals surface area contributed by atoms with E-state index in [1.807, 2.05) is 60.7 Å². The van der Waals surface area contributed by atoms with E-state index in [0.717, 1.165) is 42.7 Å². The van der Waals surface area contributed by atoms with Gasteiger partial charge in [-0.2, -0.15) is 4.31 Å². The van der Waals surface area contributed by atoms with Crippen molar-refractivity contribution < 1.29 is 27.5 Å². The minimum absolute atomic E-state index is 0.0770. The Kier molecular flexibility index (Phi) is 9.33. The van der Waals surface area contributed by atoms with Crippen molar-refractivity contribution in [1.29, 1.82) is 0 Å². The van der Waals surface area contributed by atoms with E-state index in [9.17, 15) is 18.0 Å². The van der Waals surface area contributed by atoms with Crippen molar-refractivity contribution in [2.75, 3.05) is 56.2 Å². The van der Waals surface area contributed by atoms with E-state index in [0.29, 0.717) is 18.9 Å². The predicted octanol–water partition coefficient (Wildman–Crippen LogP) is 4.01. The number of hydrogen-bond acceptors (Lipinski definition) is 7. The highest BCUT2D eigenvalue weighted by Gasteiger charge is 2.28. The number of nitrogens with one attached hydrogen (secondary N) is 1. The number of hydrogen-bond donors (Lipinski definition) is 1. The molecule has 2 heterocycles. The zero-order valence-electron chi connectivity index (χ0n) is 22.9. The molecule has 10 heteroatoms. The minimum atomic E-state index is -3.75. The Balaban J connectivity index is 1.28. The summed E-state index contributed by atoms with van der Waals surface area (Å²) in [6, 6.07) is 24.2. The number of amides is 1. The van der Waals surface area contributed by atoms with Crippen LogP contribution in [0.25, 0.3) is 0 Å². The maximum Gasteiger partial charge on any atom is 0.307 e. The van der Waals surface area contributed by atoms with E-state index in [2.05, 4.69) is 10.2 Å². The summed E-state index contributed by atoms with van der Waals surface area (Å²) >= 11 is 0. The standard InChI is InChI=1S/C31H35N3O6S/c35-30(23-40-31(36)22-27(24-9-3-1-4-10-24)25-11-5-2-6-12-25)32-28-21-26(13-14-29(28)33-15-7-8-16-33)41(37,38)34-17-19-39-20-18-34/h1-6,9-14,21,27H,7-8,15-20,22-23H2,(H,32,35). The second-order valence-electron chi connectivity index (χ2n) is 10.2. The van der Waals surface area contributed by atoms with Gasteiger partial charge in [0, 0.05) is 32.1 Å². The van der Waals surface area contributed by atoms with E-state index in [-0.39, 0.29) is 30.3 Å². The van der Waals surface area contributed by atoms with Crippen molar-refractivity contribution in [3.63, 3.8) is 0 Å². The zero-order valence-corrected chi connectivity index (χ0v) is 23.7. The van der Waals surface area contributed by atoms with Gasteiger partial charge in [-0.3, -0.25) is 9.59 Å². The zero-order chi connectivity index (χ0) is 28.7. The number of rotatable bonds is 10. The van der Waals surface area contributed by atoms with Crippen LogP contribution in [0.3, 0.4) is 0 Å². The van der Waals surface area contributed by atoms with E-state index in [1.165, 1.54) is 10.4 Å². The van der Waals surface area contributed by atoms with Crippen molar-refractivity contribution in [3.8, 4) is 0 Å². The molecule has 2 aliphatic heterocycles. The van der Waals surface area contributed by atoms with Crippen LogP contribution < -0.4 is 10.2 Å². The Morgan fingerprint density at radius 2 is 1.46 bits per heavy atom. The lowest BCUT2D eigenvalue weighted by atomic mass is 9.89. The van der Waals surface area contributed by atoms with Crippen molar-refractivity contribution in [2.24, 2.45) is 0 Å². The molecular weight excluding hydrogens is 542 g/mol. The molecule has 3 aromatic carbocycles. The molecule has 2 fully saturated rings. The van der Waals surface area contributed by atoms with Gasteiger partial charge in [0.1, 0.15) is 0 Å². The molecule has 41 heavy (non-hydrogen) atoms. The summed E-state index contributed by atoms with van der Waals surface area (Å²) in [7, 11) is -3.75. The van der Waals surface area contributed by atoms with Gasteiger partial charge in [0.05, 0.1) is 35.9 Å². The molecule has 9 nitrogen and oxygen atoms in total. The van der Waals surface area contributed by atoms with Crippen LogP contribution in [-0.4, -0.2) is 70.6 Å². The van der Waals surface area contributed by atoms with Gasteiger partial charge in [0.2, 0.25) is 10.0 Å². The first kappa shape index (κ1) is 28.8. The molecule has 0 spiro atoms. The highest BCUT2D eigenvalue weighted by molar-refractivity contribution is 7.89. The lowest BCUT2D eigenvalue weighted by Crippen LogP contribution is -2.40. The van der Waals surface area contributed by atoms with Crippen LogP contribution in [0.1, 0.15) is 36.3 Å². The van der Waals surface area contributed by atoms with Crippen molar-refractivity contribution in [3.05, 3.63) is 90.0 Å². The Morgan fingerprint density at radius 1 is 0.854 bits per heavy atom. The molecule has 216 valence electrons. The first-order valence-electron chi connectivity index (χ1n) is 13.9. The van der Waals surface area contributed by atoms with Crippen LogP contribution in [0, 0.1) is 0 Å². The summed E-state index contributed by atoms with van der Waals surface area (Å²) in [4.78, 5) is 28.1. The molecule has 0 aromatic heterocycles. The molecule has 0 atom stereocenters. The summed E-state index contributed by atoms with van der Waals surface area (Å²) in [6.07, 6.45) is 2.11. The number of anilines is 2. The van der Waals surface area contributed by atoms with Crippen LogP contribution >= 0.6 is 0 Å². The van der Waals surface area contributed by atoms with Gasteiger partial charge in [-0.1, -0.05) is 60.7 Å². The second-order valence-corrected chi connectivity index (χ2v) is 12.1. The normalized spacial score (nSPS) is 16.1. The molecule has 0 radical (unpaired) electrons. The number of ether oxygens (including phenoxy) is 2. The van der Waals surface area contributed by atoms with Crippen LogP contribution in [0.2, 0.25) is 0 Å². The Hall–Kier alpha value is -3.73. The highest BCUT2D eigenvalue weighted by atomic mass is 32.2. The number of benzene rings is 3. The molecule has 1 N–H and O–H groups in total. The van der Waals surface area contributed by atoms with Gasteiger partial charge in [-0.25, -0.2) is 8.42 Å². The summed E-state index contributed by atoms with van der Waals surface area (Å²) < 4.78 is 38.7. The van der Waals surface area contributed by atoms with Crippen molar-refractivity contribution in [1.82, 2.24) is 4.31 Å². The predicted molar refractivity (Wildman–Crippen MR) is 156 cm³/mol. The molecule has 3 aromatic rings. The van der Waals surface area contributed by atoms with E-state index in [1.54, 1.807) is 12.1 Å². The monoisotopic (exact) mass is 577 g/mol. The van der Waals surface area contributed by atoms with Gasteiger partial charge in [-0.15, -0.1) is 0 Å². The van der Waals surface area contributed by atoms with E-state index >= 15 is 0 Å². The van der Waals surface area contributed by atoms with Crippen molar-refractivity contribution >= 4 is 33.3 Å². The lowest BCUT2D eigenvalue weighted by Gasteiger charge is -2.27. The number of nitrogens with zero attached hydrogens (tertiary/aromatic N) is 2. The van der Waals surface area contributed by atoms with E-state index < -0.39 is 28.5 Å². The number of sulfonamides is 1. The van der Waals surface area contributed by atoms with Gasteiger partial charge >= 0.3 is 5.97 Å². The van der Waals surface area contributed by atoms with Gasteiger partial charge < -0.3 is 19.7 Å². The van der Waals surface area contributed by atoms with E-state index in [4.69, 9.17) is 9.47 Å². The molecule has 0 bridgehead atoms. The minimum Gasteiger partial charge on any atom is -0.456 e. The third-order valence-electron chi connectivity index (χ3n) is 7.44. The third-order valence-corrected chi connectivity index (χ3v) is 9.33. The fourth-order valence-corrected chi connectivity index (χ4v) is 6.74. The Morgan fingerprint density at radius 3 is 2.07 bits per heavy atom. The maximum atomic E-state index is 13.3. The van der Waals surface area contributed by atoms with Crippen LogP contribution in [0.15, 0.2) is 83.8 Å². The Labute approximate surface area is 241 Å². The first-order chi connectivity index (χ1) is 19.9. The average Bonchev–Trinajstić information content (AvgIpc) is 3.55. The summed E-state index contributed by atoms with van der Waals surface area (Å²) in [5.41, 5.74) is 3.09. The topological polar surface area (TPSA) is 105 Å². The SMILES string of the molecule is O=C(COC(=O)CC(c1ccccc1)c1ccccc1)Nc1cc(S(=O)(=O)N2CCOCC2)ccc1N1CCCC1. The molecule has 5 rings (SSSR count). The van der Waals surface area contributed by atoms with Crippen LogP contribution in [0.4, 0.5) is 11.4 Å². The quantitative estimate of drug-likeness (QED) is 0.363.